The first-order valence-corrected chi connectivity index (χ1v) is 6.69. The van der Waals surface area contributed by atoms with E-state index in [1.807, 2.05) is 24.0 Å². The van der Waals surface area contributed by atoms with Crippen LogP contribution < -0.4 is 0 Å². The van der Waals surface area contributed by atoms with Crippen molar-refractivity contribution in [2.24, 2.45) is 7.05 Å². The summed E-state index contributed by atoms with van der Waals surface area (Å²) >= 11 is 0. The number of hydrogen-bond donors (Lipinski definition) is 0. The molecule has 6 nitrogen and oxygen atoms in total. The van der Waals surface area contributed by atoms with Crippen molar-refractivity contribution in [3.63, 3.8) is 0 Å². The fraction of sp³-hybridized carbons (Fsp3) is 0.615. The maximum absolute atomic E-state index is 5.25. The quantitative estimate of drug-likeness (QED) is 0.785. The van der Waals surface area contributed by atoms with Crippen LogP contribution in [0.1, 0.15) is 36.3 Å². The van der Waals surface area contributed by atoms with Crippen LogP contribution in [0.2, 0.25) is 0 Å². The number of rotatable bonds is 6. The standard InChI is InChI=1S/C13H19N5O/c1-17(7-5-12-14-6-8-18(12)2)9-11-15-13(19-16-11)10-3-4-10/h6,8,10H,3-5,7,9H2,1-2H3. The lowest BCUT2D eigenvalue weighted by molar-refractivity contribution is 0.307. The number of nitrogens with zero attached hydrogens (tertiary/aromatic N) is 5. The highest BCUT2D eigenvalue weighted by Crippen LogP contribution is 2.38. The highest BCUT2D eigenvalue weighted by atomic mass is 16.5. The molecule has 0 aromatic carbocycles. The molecule has 2 aromatic rings. The van der Waals surface area contributed by atoms with Gasteiger partial charge in [0, 0.05) is 38.3 Å². The van der Waals surface area contributed by atoms with Crippen LogP contribution in [0.15, 0.2) is 16.9 Å². The van der Waals surface area contributed by atoms with Gasteiger partial charge in [-0.3, -0.25) is 4.90 Å². The molecule has 0 atom stereocenters. The molecular weight excluding hydrogens is 242 g/mol. The van der Waals surface area contributed by atoms with Crippen molar-refractivity contribution in [3.8, 4) is 0 Å². The fourth-order valence-electron chi connectivity index (χ4n) is 2.08. The van der Waals surface area contributed by atoms with E-state index in [2.05, 4.69) is 27.1 Å². The monoisotopic (exact) mass is 261 g/mol. The van der Waals surface area contributed by atoms with Crippen LogP contribution in [0, 0.1) is 0 Å². The smallest absolute Gasteiger partial charge is 0.229 e. The Hall–Kier alpha value is -1.69. The average molecular weight is 261 g/mol. The lowest BCUT2D eigenvalue weighted by atomic mass is 10.3. The lowest BCUT2D eigenvalue weighted by Gasteiger charge is -2.13. The van der Waals surface area contributed by atoms with E-state index in [4.69, 9.17) is 4.52 Å². The van der Waals surface area contributed by atoms with E-state index in [0.717, 1.165) is 37.0 Å². The SMILES string of the molecule is CN(CCc1nccn1C)Cc1noc(C2CC2)n1. The predicted octanol–water partition coefficient (Wildman–Crippen LogP) is 1.35. The van der Waals surface area contributed by atoms with Gasteiger partial charge in [0.2, 0.25) is 5.89 Å². The molecule has 6 heteroatoms. The first-order valence-electron chi connectivity index (χ1n) is 6.69. The minimum atomic E-state index is 0.527. The molecule has 1 aliphatic rings. The van der Waals surface area contributed by atoms with Gasteiger partial charge in [-0.25, -0.2) is 4.98 Å². The number of aromatic nitrogens is 4. The van der Waals surface area contributed by atoms with Crippen LogP contribution in [-0.2, 0) is 20.0 Å². The van der Waals surface area contributed by atoms with Crippen LogP contribution >= 0.6 is 0 Å². The molecule has 19 heavy (non-hydrogen) atoms. The summed E-state index contributed by atoms with van der Waals surface area (Å²) in [5.74, 6) is 3.22. The molecule has 0 aliphatic heterocycles. The van der Waals surface area contributed by atoms with Gasteiger partial charge in [0.1, 0.15) is 5.82 Å². The topological polar surface area (TPSA) is 60.0 Å². The molecule has 1 fully saturated rings. The minimum Gasteiger partial charge on any atom is -0.339 e. The summed E-state index contributed by atoms with van der Waals surface area (Å²) in [4.78, 5) is 10.9. The van der Waals surface area contributed by atoms with E-state index in [1.165, 1.54) is 12.8 Å². The number of aryl methyl sites for hydroxylation is 1. The van der Waals surface area contributed by atoms with Gasteiger partial charge in [-0.05, 0) is 19.9 Å². The Morgan fingerprint density at radius 3 is 3.00 bits per heavy atom. The summed E-state index contributed by atoms with van der Waals surface area (Å²) < 4.78 is 7.30. The van der Waals surface area contributed by atoms with Crippen molar-refractivity contribution in [1.82, 2.24) is 24.6 Å². The molecule has 102 valence electrons. The second-order valence-electron chi connectivity index (χ2n) is 5.27. The number of hydrogen-bond acceptors (Lipinski definition) is 5. The highest BCUT2D eigenvalue weighted by molar-refractivity contribution is 5.01. The first-order chi connectivity index (χ1) is 9.22. The zero-order chi connectivity index (χ0) is 13.2. The van der Waals surface area contributed by atoms with E-state index < -0.39 is 0 Å². The van der Waals surface area contributed by atoms with E-state index in [1.54, 1.807) is 0 Å². The summed E-state index contributed by atoms with van der Waals surface area (Å²) in [7, 11) is 4.08. The van der Waals surface area contributed by atoms with E-state index in [0.29, 0.717) is 5.92 Å². The van der Waals surface area contributed by atoms with Crippen molar-refractivity contribution in [3.05, 3.63) is 29.9 Å². The molecule has 1 saturated carbocycles. The van der Waals surface area contributed by atoms with Crippen LogP contribution in [0.5, 0.6) is 0 Å². The van der Waals surface area contributed by atoms with Crippen LogP contribution in [-0.4, -0.2) is 38.2 Å². The maximum Gasteiger partial charge on any atom is 0.229 e. The third-order valence-corrected chi connectivity index (χ3v) is 3.46. The molecule has 0 N–H and O–H groups in total. The second-order valence-corrected chi connectivity index (χ2v) is 5.27. The minimum absolute atomic E-state index is 0.527. The number of likely N-dealkylation sites (N-methyl/N-ethyl adjacent to an activating group) is 1. The zero-order valence-corrected chi connectivity index (χ0v) is 11.4. The fourth-order valence-corrected chi connectivity index (χ4v) is 2.08. The lowest BCUT2D eigenvalue weighted by Crippen LogP contribution is -2.22. The van der Waals surface area contributed by atoms with Crippen LogP contribution in [0.3, 0.4) is 0 Å². The predicted molar refractivity (Wildman–Crippen MR) is 69.5 cm³/mol. The molecule has 0 spiro atoms. The Kier molecular flexibility index (Phi) is 3.33. The molecule has 0 radical (unpaired) electrons. The van der Waals surface area contributed by atoms with Gasteiger partial charge in [0.15, 0.2) is 5.82 Å². The molecule has 2 heterocycles. The van der Waals surface area contributed by atoms with Gasteiger partial charge in [-0.2, -0.15) is 4.98 Å². The third kappa shape index (κ3) is 3.01. The summed E-state index contributed by atoms with van der Waals surface area (Å²) in [6, 6.07) is 0. The maximum atomic E-state index is 5.25. The van der Waals surface area contributed by atoms with Gasteiger partial charge in [-0.15, -0.1) is 0 Å². The van der Waals surface area contributed by atoms with Gasteiger partial charge in [-0.1, -0.05) is 5.16 Å². The summed E-state index contributed by atoms with van der Waals surface area (Å²) in [6.45, 7) is 1.65. The van der Waals surface area contributed by atoms with Gasteiger partial charge in [0.05, 0.1) is 6.54 Å². The van der Waals surface area contributed by atoms with Crippen molar-refractivity contribution in [2.75, 3.05) is 13.6 Å². The molecule has 0 bridgehead atoms. The number of imidazole rings is 1. The Bertz CT molecular complexity index is 543. The van der Waals surface area contributed by atoms with Crippen molar-refractivity contribution in [2.45, 2.75) is 31.7 Å². The van der Waals surface area contributed by atoms with E-state index in [-0.39, 0.29) is 0 Å². The Morgan fingerprint density at radius 2 is 2.32 bits per heavy atom. The highest BCUT2D eigenvalue weighted by Gasteiger charge is 2.29. The van der Waals surface area contributed by atoms with Crippen molar-refractivity contribution >= 4 is 0 Å². The Balaban J connectivity index is 1.50. The molecule has 3 rings (SSSR count). The van der Waals surface area contributed by atoms with Crippen LogP contribution in [0.25, 0.3) is 0 Å². The Labute approximate surface area is 112 Å². The molecule has 1 aliphatic carbocycles. The van der Waals surface area contributed by atoms with Gasteiger partial charge in [0.25, 0.3) is 0 Å². The summed E-state index contributed by atoms with van der Waals surface area (Å²) in [5.41, 5.74) is 0. The molecule has 0 amide bonds. The third-order valence-electron chi connectivity index (χ3n) is 3.46. The normalized spacial score (nSPS) is 15.3. The summed E-state index contributed by atoms with van der Waals surface area (Å²) in [6.07, 6.45) is 7.10. The molecular formula is C13H19N5O. The zero-order valence-electron chi connectivity index (χ0n) is 11.4. The largest absolute Gasteiger partial charge is 0.339 e. The van der Waals surface area contributed by atoms with E-state index in [9.17, 15) is 0 Å². The Morgan fingerprint density at radius 1 is 1.47 bits per heavy atom. The first kappa shape index (κ1) is 12.3. The van der Waals surface area contributed by atoms with Gasteiger partial charge < -0.3 is 9.09 Å². The average Bonchev–Trinajstić information content (AvgIpc) is 3.01. The van der Waals surface area contributed by atoms with Crippen molar-refractivity contribution < 1.29 is 4.52 Å². The molecule has 0 unspecified atom stereocenters. The van der Waals surface area contributed by atoms with Crippen molar-refractivity contribution in [1.29, 1.82) is 0 Å². The summed E-state index contributed by atoms with van der Waals surface area (Å²) in [5, 5.41) is 4.03. The molecule has 0 saturated heterocycles. The molecule has 2 aromatic heterocycles. The van der Waals surface area contributed by atoms with E-state index >= 15 is 0 Å². The second kappa shape index (κ2) is 5.13. The van der Waals surface area contributed by atoms with Crippen LogP contribution in [0.4, 0.5) is 0 Å². The van der Waals surface area contributed by atoms with Gasteiger partial charge >= 0.3 is 0 Å².